The molecule has 2 aliphatic rings. The third kappa shape index (κ3) is 2.43. The van der Waals surface area contributed by atoms with Gasteiger partial charge in [-0.15, -0.1) is 0 Å². The van der Waals surface area contributed by atoms with Crippen molar-refractivity contribution in [2.45, 2.75) is 52.5 Å². The minimum Gasteiger partial charge on any atom is -0.317 e. The van der Waals surface area contributed by atoms with E-state index < -0.39 is 0 Å². The van der Waals surface area contributed by atoms with Crippen LogP contribution in [0, 0.1) is 11.3 Å². The van der Waals surface area contributed by atoms with Crippen molar-refractivity contribution in [3.05, 3.63) is 0 Å². The first-order valence-electron chi connectivity index (χ1n) is 7.16. The van der Waals surface area contributed by atoms with Crippen LogP contribution in [0.5, 0.6) is 0 Å². The van der Waals surface area contributed by atoms with Crippen LogP contribution in [-0.4, -0.2) is 37.1 Å². The maximum Gasteiger partial charge on any atom is 0.00643 e. The van der Waals surface area contributed by atoms with Crippen molar-refractivity contribution in [1.29, 1.82) is 0 Å². The van der Waals surface area contributed by atoms with Gasteiger partial charge in [-0.3, -0.25) is 0 Å². The zero-order chi connectivity index (χ0) is 11.6. The summed E-state index contributed by atoms with van der Waals surface area (Å²) in [6, 6.07) is 0.768. The molecule has 1 saturated heterocycles. The maximum atomic E-state index is 3.49. The van der Waals surface area contributed by atoms with E-state index in [-0.39, 0.29) is 0 Å². The van der Waals surface area contributed by atoms with Gasteiger partial charge in [0, 0.05) is 12.6 Å². The SMILES string of the molecule is CCC(C)N(CC)CC1CC12CCNCC2. The van der Waals surface area contributed by atoms with Crippen LogP contribution in [-0.2, 0) is 0 Å². The third-order valence-corrected chi connectivity index (χ3v) is 5.03. The molecular weight excluding hydrogens is 196 g/mol. The molecule has 0 amide bonds. The molecule has 0 aromatic rings. The zero-order valence-corrected chi connectivity index (χ0v) is 11.3. The molecule has 16 heavy (non-hydrogen) atoms. The van der Waals surface area contributed by atoms with Gasteiger partial charge in [0.1, 0.15) is 0 Å². The number of rotatable bonds is 5. The summed E-state index contributed by atoms with van der Waals surface area (Å²) in [5.41, 5.74) is 0.756. The van der Waals surface area contributed by atoms with Crippen molar-refractivity contribution in [2.75, 3.05) is 26.2 Å². The molecule has 0 aromatic carbocycles. The van der Waals surface area contributed by atoms with Gasteiger partial charge in [0.25, 0.3) is 0 Å². The highest BCUT2D eigenvalue weighted by Gasteiger charge is 2.53. The Kier molecular flexibility index (Phi) is 3.91. The molecule has 94 valence electrons. The predicted octanol–water partition coefficient (Wildman–Crippen LogP) is 2.50. The molecule has 1 aliphatic carbocycles. The van der Waals surface area contributed by atoms with E-state index >= 15 is 0 Å². The second kappa shape index (κ2) is 5.05. The van der Waals surface area contributed by atoms with Crippen molar-refractivity contribution in [1.82, 2.24) is 10.2 Å². The van der Waals surface area contributed by atoms with Gasteiger partial charge in [-0.25, -0.2) is 0 Å². The van der Waals surface area contributed by atoms with Crippen LogP contribution in [0.2, 0.25) is 0 Å². The highest BCUT2D eigenvalue weighted by atomic mass is 15.2. The lowest BCUT2D eigenvalue weighted by molar-refractivity contribution is 0.186. The Morgan fingerprint density at radius 1 is 1.31 bits per heavy atom. The Morgan fingerprint density at radius 2 is 2.00 bits per heavy atom. The minimum absolute atomic E-state index is 0.756. The van der Waals surface area contributed by atoms with Gasteiger partial charge in [-0.2, -0.15) is 0 Å². The van der Waals surface area contributed by atoms with Crippen molar-refractivity contribution in [3.8, 4) is 0 Å². The fraction of sp³-hybridized carbons (Fsp3) is 1.00. The van der Waals surface area contributed by atoms with E-state index in [1.54, 1.807) is 0 Å². The molecule has 1 spiro atoms. The molecule has 2 atom stereocenters. The average molecular weight is 224 g/mol. The molecule has 0 radical (unpaired) electrons. The van der Waals surface area contributed by atoms with Gasteiger partial charge >= 0.3 is 0 Å². The monoisotopic (exact) mass is 224 g/mol. The summed E-state index contributed by atoms with van der Waals surface area (Å²) in [6.45, 7) is 12.1. The molecule has 1 N–H and O–H groups in total. The molecule has 2 heteroatoms. The topological polar surface area (TPSA) is 15.3 Å². The van der Waals surface area contributed by atoms with E-state index in [9.17, 15) is 0 Å². The Balaban J connectivity index is 1.82. The van der Waals surface area contributed by atoms with Crippen LogP contribution in [0.3, 0.4) is 0 Å². The summed E-state index contributed by atoms with van der Waals surface area (Å²) >= 11 is 0. The van der Waals surface area contributed by atoms with Crippen molar-refractivity contribution in [3.63, 3.8) is 0 Å². The van der Waals surface area contributed by atoms with Crippen LogP contribution in [0.15, 0.2) is 0 Å². The second-order valence-corrected chi connectivity index (χ2v) is 5.86. The second-order valence-electron chi connectivity index (χ2n) is 5.86. The van der Waals surface area contributed by atoms with E-state index in [0.29, 0.717) is 0 Å². The van der Waals surface area contributed by atoms with Crippen molar-refractivity contribution < 1.29 is 0 Å². The normalized spacial score (nSPS) is 29.6. The number of hydrogen-bond donors (Lipinski definition) is 1. The van der Waals surface area contributed by atoms with Crippen molar-refractivity contribution >= 4 is 0 Å². The fourth-order valence-corrected chi connectivity index (χ4v) is 3.39. The lowest BCUT2D eigenvalue weighted by Gasteiger charge is -2.30. The zero-order valence-electron chi connectivity index (χ0n) is 11.3. The molecule has 1 heterocycles. The quantitative estimate of drug-likeness (QED) is 0.772. The van der Waals surface area contributed by atoms with E-state index in [1.165, 1.54) is 51.9 Å². The van der Waals surface area contributed by atoms with Crippen LogP contribution in [0.4, 0.5) is 0 Å². The molecule has 0 aromatic heterocycles. The van der Waals surface area contributed by atoms with Crippen LogP contribution in [0.25, 0.3) is 0 Å². The summed E-state index contributed by atoms with van der Waals surface area (Å²) in [5.74, 6) is 1.00. The highest BCUT2D eigenvalue weighted by Crippen LogP contribution is 2.58. The van der Waals surface area contributed by atoms with Crippen LogP contribution >= 0.6 is 0 Å². The van der Waals surface area contributed by atoms with Gasteiger partial charge in [-0.05, 0) is 63.6 Å². The van der Waals surface area contributed by atoms with Gasteiger partial charge < -0.3 is 10.2 Å². The first kappa shape index (κ1) is 12.4. The molecule has 1 aliphatic heterocycles. The molecule has 2 nitrogen and oxygen atoms in total. The standard InChI is InChI=1S/C14H28N2/c1-4-12(3)16(5-2)11-13-10-14(13)6-8-15-9-7-14/h12-13,15H,4-11H2,1-3H3. The van der Waals surface area contributed by atoms with E-state index in [2.05, 4.69) is 31.0 Å². The summed E-state index contributed by atoms with van der Waals surface area (Å²) in [4.78, 5) is 2.68. The maximum absolute atomic E-state index is 3.49. The average Bonchev–Trinajstić information content (AvgIpc) is 2.98. The molecule has 2 unspecified atom stereocenters. The first-order valence-corrected chi connectivity index (χ1v) is 7.16. The Bertz CT molecular complexity index is 221. The number of nitrogens with one attached hydrogen (secondary N) is 1. The molecular formula is C14H28N2. The van der Waals surface area contributed by atoms with Crippen LogP contribution < -0.4 is 5.32 Å². The minimum atomic E-state index is 0.756. The fourth-order valence-electron chi connectivity index (χ4n) is 3.39. The summed E-state index contributed by atoms with van der Waals surface area (Å²) < 4.78 is 0. The third-order valence-electron chi connectivity index (χ3n) is 5.03. The smallest absolute Gasteiger partial charge is 0.00643 e. The molecule has 1 saturated carbocycles. The van der Waals surface area contributed by atoms with E-state index in [1.807, 2.05) is 0 Å². The Hall–Kier alpha value is -0.0800. The van der Waals surface area contributed by atoms with Gasteiger partial charge in [-0.1, -0.05) is 13.8 Å². The number of hydrogen-bond acceptors (Lipinski definition) is 2. The molecule has 2 fully saturated rings. The molecule has 0 bridgehead atoms. The first-order chi connectivity index (χ1) is 7.72. The van der Waals surface area contributed by atoms with Gasteiger partial charge in [0.05, 0.1) is 0 Å². The van der Waals surface area contributed by atoms with E-state index in [4.69, 9.17) is 0 Å². The highest BCUT2D eigenvalue weighted by molar-refractivity contribution is 5.05. The van der Waals surface area contributed by atoms with Crippen molar-refractivity contribution in [2.24, 2.45) is 11.3 Å². The summed E-state index contributed by atoms with van der Waals surface area (Å²) in [7, 11) is 0. The van der Waals surface area contributed by atoms with Gasteiger partial charge in [0.15, 0.2) is 0 Å². The predicted molar refractivity (Wildman–Crippen MR) is 69.6 cm³/mol. The Morgan fingerprint density at radius 3 is 2.56 bits per heavy atom. The summed E-state index contributed by atoms with van der Waals surface area (Å²) in [6.07, 6.45) is 5.64. The van der Waals surface area contributed by atoms with Crippen LogP contribution in [0.1, 0.15) is 46.5 Å². The van der Waals surface area contributed by atoms with E-state index in [0.717, 1.165) is 17.4 Å². The Labute approximate surface area is 101 Å². The van der Waals surface area contributed by atoms with Gasteiger partial charge in [0.2, 0.25) is 0 Å². The lowest BCUT2D eigenvalue weighted by atomic mass is 9.91. The molecule has 2 rings (SSSR count). The number of piperidine rings is 1. The number of nitrogens with zero attached hydrogens (tertiary/aromatic N) is 1. The largest absolute Gasteiger partial charge is 0.317 e. The summed E-state index contributed by atoms with van der Waals surface area (Å²) in [5, 5.41) is 3.49. The lowest BCUT2D eigenvalue weighted by Crippen LogP contribution is -2.36.